The number of aryl methyl sites for hydroxylation is 1. The van der Waals surface area contributed by atoms with Crippen LogP contribution in [0.4, 0.5) is 5.69 Å². The second-order valence-corrected chi connectivity index (χ2v) is 8.60. The molecule has 0 spiro atoms. The zero-order valence-corrected chi connectivity index (χ0v) is 13.2. The number of phenolic OH excluding ortho intramolecular Hbond substituents is 1. The molecule has 0 saturated carbocycles. The van der Waals surface area contributed by atoms with E-state index in [1.807, 2.05) is 26.8 Å². The molecule has 0 aromatic heterocycles. The highest BCUT2D eigenvalue weighted by molar-refractivity contribution is 7.92. The maximum absolute atomic E-state index is 12.6. The van der Waals surface area contributed by atoms with Crippen LogP contribution in [0.1, 0.15) is 39.2 Å². The van der Waals surface area contributed by atoms with Gasteiger partial charge in [0.2, 0.25) is 10.0 Å². The normalized spacial score (nSPS) is 16.1. The number of para-hydroxylation sites is 1. The van der Waals surface area contributed by atoms with Crippen LogP contribution in [-0.4, -0.2) is 25.8 Å². The molecule has 0 atom stereocenters. The van der Waals surface area contributed by atoms with E-state index in [-0.39, 0.29) is 16.9 Å². The van der Waals surface area contributed by atoms with Gasteiger partial charge in [0.05, 0.1) is 11.4 Å². The molecule has 20 heavy (non-hydrogen) atoms. The van der Waals surface area contributed by atoms with Gasteiger partial charge in [0.1, 0.15) is 5.75 Å². The van der Waals surface area contributed by atoms with Gasteiger partial charge >= 0.3 is 0 Å². The number of nitrogens with zero attached hydrogens (tertiary/aromatic N) is 1. The number of anilines is 1. The minimum absolute atomic E-state index is 0.0234. The summed E-state index contributed by atoms with van der Waals surface area (Å²) in [6.45, 7) is 6.55. The summed E-state index contributed by atoms with van der Waals surface area (Å²) in [5, 5.41) is 10.0. The van der Waals surface area contributed by atoms with Gasteiger partial charge < -0.3 is 5.11 Å². The predicted octanol–water partition coefficient (Wildman–Crippen LogP) is 2.91. The number of fused-ring (bicyclic) bond motifs is 1. The molecule has 0 saturated heterocycles. The standard InChI is InChI=1S/C15H23NO3S/c1-15(2,3)9-11-20(18,19)16-10-5-7-12-6-4-8-13(17)14(12)16/h4,6,8,17H,5,7,9-11H2,1-3H3. The topological polar surface area (TPSA) is 57.6 Å². The van der Waals surface area contributed by atoms with Crippen molar-refractivity contribution in [1.29, 1.82) is 0 Å². The van der Waals surface area contributed by atoms with Gasteiger partial charge in [0.25, 0.3) is 0 Å². The Kier molecular flexibility index (Phi) is 4.00. The summed E-state index contributed by atoms with van der Waals surface area (Å²) in [5.41, 5.74) is 1.37. The predicted molar refractivity (Wildman–Crippen MR) is 81.6 cm³/mol. The first-order chi connectivity index (χ1) is 9.21. The zero-order valence-electron chi connectivity index (χ0n) is 12.4. The van der Waals surface area contributed by atoms with E-state index in [9.17, 15) is 13.5 Å². The van der Waals surface area contributed by atoms with Crippen LogP contribution in [0.3, 0.4) is 0 Å². The molecule has 0 amide bonds. The Hall–Kier alpha value is -1.23. The van der Waals surface area contributed by atoms with Crippen LogP contribution < -0.4 is 4.31 Å². The van der Waals surface area contributed by atoms with Crippen LogP contribution in [0.2, 0.25) is 0 Å². The molecule has 2 rings (SSSR count). The van der Waals surface area contributed by atoms with E-state index in [0.29, 0.717) is 18.7 Å². The van der Waals surface area contributed by atoms with E-state index in [1.54, 1.807) is 12.1 Å². The molecule has 1 N–H and O–H groups in total. The maximum atomic E-state index is 12.6. The van der Waals surface area contributed by atoms with Crippen LogP contribution in [0, 0.1) is 5.41 Å². The monoisotopic (exact) mass is 297 g/mol. The van der Waals surface area contributed by atoms with E-state index >= 15 is 0 Å². The van der Waals surface area contributed by atoms with Gasteiger partial charge in [-0.1, -0.05) is 32.9 Å². The number of sulfonamides is 1. The number of aromatic hydroxyl groups is 1. The van der Waals surface area contributed by atoms with Crippen molar-refractivity contribution in [1.82, 2.24) is 0 Å². The largest absolute Gasteiger partial charge is 0.506 e. The Bertz CT molecular complexity index is 588. The second-order valence-electron chi connectivity index (χ2n) is 6.59. The number of rotatable bonds is 3. The van der Waals surface area contributed by atoms with Crippen molar-refractivity contribution in [2.75, 3.05) is 16.6 Å². The Balaban J connectivity index is 2.31. The molecular formula is C15H23NO3S. The third-order valence-corrected chi connectivity index (χ3v) is 5.36. The summed E-state index contributed by atoms with van der Waals surface area (Å²) in [4.78, 5) is 0. The molecule has 112 valence electrons. The molecule has 1 aliphatic heterocycles. The number of hydrogen-bond donors (Lipinski definition) is 1. The van der Waals surface area contributed by atoms with E-state index < -0.39 is 10.0 Å². The minimum atomic E-state index is -3.38. The van der Waals surface area contributed by atoms with E-state index in [0.717, 1.165) is 18.4 Å². The average molecular weight is 297 g/mol. The number of hydrogen-bond acceptors (Lipinski definition) is 3. The Labute approximate surface area is 121 Å². The van der Waals surface area contributed by atoms with Crippen molar-refractivity contribution >= 4 is 15.7 Å². The molecule has 4 nitrogen and oxygen atoms in total. The first-order valence-electron chi connectivity index (χ1n) is 7.02. The molecular weight excluding hydrogens is 274 g/mol. The zero-order chi connectivity index (χ0) is 15.0. The molecule has 5 heteroatoms. The maximum Gasteiger partial charge on any atom is 0.235 e. The molecule has 1 heterocycles. The lowest BCUT2D eigenvalue weighted by Crippen LogP contribution is -2.37. The van der Waals surface area contributed by atoms with Gasteiger partial charge in [-0.05, 0) is 36.3 Å². The smallest absolute Gasteiger partial charge is 0.235 e. The quantitative estimate of drug-likeness (QED) is 0.933. The van der Waals surface area contributed by atoms with E-state index in [2.05, 4.69) is 0 Å². The molecule has 1 aliphatic rings. The summed E-state index contributed by atoms with van der Waals surface area (Å²) in [6.07, 6.45) is 2.22. The molecule has 0 aliphatic carbocycles. The molecule has 1 aromatic rings. The first kappa shape index (κ1) is 15.2. The molecule has 0 fully saturated rings. The SMILES string of the molecule is CC(C)(C)CCS(=O)(=O)N1CCCc2cccc(O)c21. The third-order valence-electron chi connectivity index (χ3n) is 3.60. The van der Waals surface area contributed by atoms with Gasteiger partial charge in [-0.3, -0.25) is 4.31 Å². The highest BCUT2D eigenvalue weighted by Crippen LogP contribution is 2.37. The summed E-state index contributed by atoms with van der Waals surface area (Å²) < 4.78 is 26.5. The fourth-order valence-corrected chi connectivity index (χ4v) is 4.40. The van der Waals surface area contributed by atoms with Crippen LogP contribution in [-0.2, 0) is 16.4 Å². The Morgan fingerprint density at radius 1 is 1.30 bits per heavy atom. The lowest BCUT2D eigenvalue weighted by atomic mass is 9.94. The van der Waals surface area contributed by atoms with Crippen molar-refractivity contribution in [3.8, 4) is 5.75 Å². The van der Waals surface area contributed by atoms with E-state index in [1.165, 1.54) is 4.31 Å². The van der Waals surface area contributed by atoms with Crippen LogP contribution in [0.15, 0.2) is 18.2 Å². The summed E-state index contributed by atoms with van der Waals surface area (Å²) in [5.74, 6) is 0.172. The van der Waals surface area contributed by atoms with Gasteiger partial charge in [-0.2, -0.15) is 0 Å². The summed E-state index contributed by atoms with van der Waals surface area (Å²) >= 11 is 0. The van der Waals surface area contributed by atoms with E-state index in [4.69, 9.17) is 0 Å². The summed E-state index contributed by atoms with van der Waals surface area (Å²) in [7, 11) is -3.38. The number of benzene rings is 1. The van der Waals surface area contributed by atoms with Crippen molar-refractivity contribution in [3.05, 3.63) is 23.8 Å². The van der Waals surface area contributed by atoms with Crippen molar-refractivity contribution < 1.29 is 13.5 Å². The Morgan fingerprint density at radius 2 is 2.00 bits per heavy atom. The first-order valence-corrected chi connectivity index (χ1v) is 8.63. The van der Waals surface area contributed by atoms with Crippen LogP contribution in [0.5, 0.6) is 5.75 Å². The molecule has 0 bridgehead atoms. The van der Waals surface area contributed by atoms with Gasteiger partial charge in [0, 0.05) is 6.54 Å². The van der Waals surface area contributed by atoms with Crippen molar-refractivity contribution in [3.63, 3.8) is 0 Å². The minimum Gasteiger partial charge on any atom is -0.506 e. The lowest BCUT2D eigenvalue weighted by molar-refractivity contribution is 0.396. The lowest BCUT2D eigenvalue weighted by Gasteiger charge is -2.32. The van der Waals surface area contributed by atoms with Gasteiger partial charge in [-0.15, -0.1) is 0 Å². The number of phenols is 1. The van der Waals surface area contributed by atoms with Gasteiger partial charge in [-0.25, -0.2) is 8.42 Å². The third kappa shape index (κ3) is 3.26. The van der Waals surface area contributed by atoms with Crippen molar-refractivity contribution in [2.45, 2.75) is 40.0 Å². The molecule has 1 aromatic carbocycles. The highest BCUT2D eigenvalue weighted by Gasteiger charge is 2.30. The fraction of sp³-hybridized carbons (Fsp3) is 0.600. The van der Waals surface area contributed by atoms with Gasteiger partial charge in [0.15, 0.2) is 0 Å². The van der Waals surface area contributed by atoms with Crippen LogP contribution in [0.25, 0.3) is 0 Å². The molecule has 0 radical (unpaired) electrons. The van der Waals surface area contributed by atoms with Crippen LogP contribution >= 0.6 is 0 Å². The second kappa shape index (κ2) is 5.28. The Morgan fingerprint density at radius 3 is 2.65 bits per heavy atom. The average Bonchev–Trinajstić information content (AvgIpc) is 2.36. The highest BCUT2D eigenvalue weighted by atomic mass is 32.2. The van der Waals surface area contributed by atoms with Crippen molar-refractivity contribution in [2.24, 2.45) is 5.41 Å². The molecule has 0 unspecified atom stereocenters. The fourth-order valence-electron chi connectivity index (χ4n) is 2.42. The summed E-state index contributed by atoms with van der Waals surface area (Å²) in [6, 6.07) is 5.20.